The predicted molar refractivity (Wildman–Crippen MR) is 76.4 cm³/mol. The molecule has 1 aromatic heterocycles. The van der Waals surface area contributed by atoms with Gasteiger partial charge in [-0.05, 0) is 18.1 Å². The first-order chi connectivity index (χ1) is 10.1. The van der Waals surface area contributed by atoms with Crippen LogP contribution in [0.1, 0.15) is 12.5 Å². The first-order valence-corrected chi connectivity index (χ1v) is 7.01. The van der Waals surface area contributed by atoms with Gasteiger partial charge in [-0.3, -0.25) is 10.00 Å². The molecule has 1 saturated heterocycles. The summed E-state index contributed by atoms with van der Waals surface area (Å²) >= 11 is 0. The third kappa shape index (κ3) is 2.69. The molecule has 3 rings (SSSR count). The number of halogens is 2. The van der Waals surface area contributed by atoms with Crippen LogP contribution in [0.3, 0.4) is 0 Å². The third-order valence-corrected chi connectivity index (χ3v) is 4.07. The number of hydrogen-bond acceptors (Lipinski definition) is 3. The summed E-state index contributed by atoms with van der Waals surface area (Å²) in [4.78, 5) is 2.18. The van der Waals surface area contributed by atoms with Crippen LogP contribution in [-0.2, 0) is 6.54 Å². The van der Waals surface area contributed by atoms with Crippen molar-refractivity contribution in [2.24, 2.45) is 11.7 Å². The highest BCUT2D eigenvalue weighted by atomic mass is 19.1. The van der Waals surface area contributed by atoms with Crippen LogP contribution in [-0.4, -0.2) is 34.2 Å². The van der Waals surface area contributed by atoms with Gasteiger partial charge >= 0.3 is 0 Å². The van der Waals surface area contributed by atoms with E-state index in [2.05, 4.69) is 22.0 Å². The SMILES string of the molecule is CC1CN(Cc2cn[nH]c2-c2c(F)cccc2F)CC1N. The Labute approximate surface area is 122 Å². The molecule has 112 valence electrons. The number of hydrogen-bond donors (Lipinski definition) is 2. The van der Waals surface area contributed by atoms with Crippen molar-refractivity contribution in [3.8, 4) is 11.3 Å². The second-order valence-electron chi connectivity index (χ2n) is 5.70. The Bertz CT molecular complexity index is 610. The maximum Gasteiger partial charge on any atom is 0.135 e. The molecule has 2 heterocycles. The Morgan fingerprint density at radius 2 is 2.05 bits per heavy atom. The van der Waals surface area contributed by atoms with Crippen LogP contribution in [0.4, 0.5) is 8.78 Å². The van der Waals surface area contributed by atoms with E-state index in [0.717, 1.165) is 18.7 Å². The van der Waals surface area contributed by atoms with E-state index in [1.165, 1.54) is 18.2 Å². The van der Waals surface area contributed by atoms with Crippen LogP contribution in [0.25, 0.3) is 11.3 Å². The summed E-state index contributed by atoms with van der Waals surface area (Å²) in [6, 6.07) is 3.99. The zero-order valence-corrected chi connectivity index (χ0v) is 11.8. The number of likely N-dealkylation sites (tertiary alicyclic amines) is 1. The van der Waals surface area contributed by atoms with E-state index in [-0.39, 0.29) is 11.6 Å². The molecule has 4 nitrogen and oxygen atoms in total. The number of aromatic amines is 1. The molecule has 0 amide bonds. The summed E-state index contributed by atoms with van der Waals surface area (Å²) in [7, 11) is 0. The van der Waals surface area contributed by atoms with Crippen molar-refractivity contribution in [3.63, 3.8) is 0 Å². The normalized spacial score (nSPS) is 22.9. The highest BCUT2D eigenvalue weighted by Crippen LogP contribution is 2.28. The smallest absolute Gasteiger partial charge is 0.135 e. The van der Waals surface area contributed by atoms with E-state index in [1.807, 2.05) is 0 Å². The molecule has 0 aliphatic carbocycles. The van der Waals surface area contributed by atoms with Crippen LogP contribution < -0.4 is 5.73 Å². The van der Waals surface area contributed by atoms with Gasteiger partial charge in [-0.25, -0.2) is 8.78 Å². The second-order valence-corrected chi connectivity index (χ2v) is 5.70. The molecule has 0 bridgehead atoms. The molecule has 6 heteroatoms. The molecular weight excluding hydrogens is 274 g/mol. The van der Waals surface area contributed by atoms with E-state index in [1.54, 1.807) is 6.20 Å². The molecule has 3 N–H and O–H groups in total. The molecule has 0 radical (unpaired) electrons. The van der Waals surface area contributed by atoms with Crippen LogP contribution in [0.2, 0.25) is 0 Å². The van der Waals surface area contributed by atoms with Gasteiger partial charge in [0.2, 0.25) is 0 Å². The van der Waals surface area contributed by atoms with Gasteiger partial charge in [0.1, 0.15) is 11.6 Å². The number of H-pyrrole nitrogens is 1. The van der Waals surface area contributed by atoms with Gasteiger partial charge < -0.3 is 5.73 Å². The highest BCUT2D eigenvalue weighted by Gasteiger charge is 2.27. The number of nitrogens with zero attached hydrogens (tertiary/aromatic N) is 2. The summed E-state index contributed by atoms with van der Waals surface area (Å²) in [5.74, 6) is -0.760. The molecule has 1 aromatic carbocycles. The van der Waals surface area contributed by atoms with Gasteiger partial charge in [-0.15, -0.1) is 0 Å². The number of benzene rings is 1. The van der Waals surface area contributed by atoms with Gasteiger partial charge in [-0.1, -0.05) is 13.0 Å². The molecular formula is C15H18F2N4. The minimum Gasteiger partial charge on any atom is -0.326 e. The minimum atomic E-state index is -0.591. The minimum absolute atomic E-state index is 0.0541. The van der Waals surface area contributed by atoms with Crippen molar-refractivity contribution < 1.29 is 8.78 Å². The number of nitrogens with two attached hydrogens (primary N) is 1. The molecule has 1 aliphatic rings. The van der Waals surface area contributed by atoms with Crippen molar-refractivity contribution in [2.45, 2.75) is 19.5 Å². The topological polar surface area (TPSA) is 57.9 Å². The lowest BCUT2D eigenvalue weighted by molar-refractivity contribution is 0.319. The van der Waals surface area contributed by atoms with Gasteiger partial charge in [0.15, 0.2) is 0 Å². The lowest BCUT2D eigenvalue weighted by Gasteiger charge is -2.15. The summed E-state index contributed by atoms with van der Waals surface area (Å²) in [6.07, 6.45) is 1.62. The molecule has 1 fully saturated rings. The largest absolute Gasteiger partial charge is 0.326 e. The van der Waals surface area contributed by atoms with E-state index < -0.39 is 11.6 Å². The summed E-state index contributed by atoms with van der Waals surface area (Å²) < 4.78 is 27.8. The Morgan fingerprint density at radius 3 is 2.67 bits per heavy atom. The van der Waals surface area contributed by atoms with E-state index >= 15 is 0 Å². The number of rotatable bonds is 3. The van der Waals surface area contributed by atoms with Gasteiger partial charge in [-0.2, -0.15) is 5.10 Å². The Kier molecular flexibility index (Phi) is 3.73. The lowest BCUT2D eigenvalue weighted by atomic mass is 10.1. The zero-order valence-electron chi connectivity index (χ0n) is 11.8. The fraction of sp³-hybridized carbons (Fsp3) is 0.400. The van der Waals surface area contributed by atoms with Crippen LogP contribution >= 0.6 is 0 Å². The van der Waals surface area contributed by atoms with Crippen molar-refractivity contribution >= 4 is 0 Å². The number of aromatic nitrogens is 2. The third-order valence-electron chi connectivity index (χ3n) is 4.07. The molecule has 21 heavy (non-hydrogen) atoms. The highest BCUT2D eigenvalue weighted by molar-refractivity contribution is 5.64. The van der Waals surface area contributed by atoms with E-state index in [4.69, 9.17) is 5.73 Å². The molecule has 2 aromatic rings. The standard InChI is InChI=1S/C15H18F2N4/c1-9-6-21(8-13(9)18)7-10-5-19-20-15(10)14-11(16)3-2-4-12(14)17/h2-5,9,13H,6-8,18H2,1H3,(H,19,20). The predicted octanol–water partition coefficient (Wildman–Crippen LogP) is 2.13. The van der Waals surface area contributed by atoms with Crippen LogP contribution in [0, 0.1) is 17.6 Å². The molecule has 1 aliphatic heterocycles. The maximum atomic E-state index is 13.9. The Morgan fingerprint density at radius 1 is 1.33 bits per heavy atom. The molecule has 0 saturated carbocycles. The molecule has 2 atom stereocenters. The fourth-order valence-electron chi connectivity index (χ4n) is 2.85. The van der Waals surface area contributed by atoms with Crippen molar-refractivity contribution in [2.75, 3.05) is 13.1 Å². The first-order valence-electron chi connectivity index (χ1n) is 7.01. The lowest BCUT2D eigenvalue weighted by Crippen LogP contribution is -2.28. The van der Waals surface area contributed by atoms with Crippen molar-refractivity contribution in [1.29, 1.82) is 0 Å². The fourth-order valence-corrected chi connectivity index (χ4v) is 2.85. The first kappa shape index (κ1) is 14.2. The Hall–Kier alpha value is -1.79. The summed E-state index contributed by atoms with van der Waals surface area (Å²) in [5, 5.41) is 6.66. The Balaban J connectivity index is 1.88. The average Bonchev–Trinajstić information content (AvgIpc) is 2.98. The maximum absolute atomic E-state index is 13.9. The summed E-state index contributed by atoms with van der Waals surface area (Å²) in [6.45, 7) is 4.35. The van der Waals surface area contributed by atoms with Crippen LogP contribution in [0.5, 0.6) is 0 Å². The van der Waals surface area contributed by atoms with E-state index in [9.17, 15) is 8.78 Å². The summed E-state index contributed by atoms with van der Waals surface area (Å²) in [5.41, 5.74) is 7.14. The van der Waals surface area contributed by atoms with Crippen molar-refractivity contribution in [3.05, 3.63) is 41.6 Å². The molecule has 0 spiro atoms. The second kappa shape index (κ2) is 5.54. The molecule has 2 unspecified atom stereocenters. The monoisotopic (exact) mass is 292 g/mol. The quantitative estimate of drug-likeness (QED) is 0.911. The van der Waals surface area contributed by atoms with Gasteiger partial charge in [0.25, 0.3) is 0 Å². The zero-order chi connectivity index (χ0) is 15.0. The average molecular weight is 292 g/mol. The number of nitrogens with one attached hydrogen (secondary N) is 1. The van der Waals surface area contributed by atoms with Gasteiger partial charge in [0.05, 0.1) is 17.5 Å². The van der Waals surface area contributed by atoms with E-state index in [0.29, 0.717) is 18.2 Å². The van der Waals surface area contributed by atoms with Crippen LogP contribution in [0.15, 0.2) is 24.4 Å². The van der Waals surface area contributed by atoms with Gasteiger partial charge in [0, 0.05) is 31.2 Å². The van der Waals surface area contributed by atoms with Crippen molar-refractivity contribution in [1.82, 2.24) is 15.1 Å².